The van der Waals surface area contributed by atoms with Crippen LogP contribution in [-0.4, -0.2) is 36.2 Å². The van der Waals surface area contributed by atoms with Gasteiger partial charge in [0.25, 0.3) is 0 Å². The Morgan fingerprint density at radius 2 is 2.28 bits per heavy atom. The maximum atomic E-state index is 11.3. The lowest BCUT2D eigenvalue weighted by Gasteiger charge is -2.25. The van der Waals surface area contributed by atoms with Crippen molar-refractivity contribution in [1.29, 1.82) is 0 Å². The van der Waals surface area contributed by atoms with Gasteiger partial charge in [0.2, 0.25) is 5.65 Å². The number of fused-ring (bicyclic) bond motifs is 1. The third-order valence-corrected chi connectivity index (χ3v) is 3.07. The Morgan fingerprint density at radius 1 is 1.56 bits per heavy atom. The molecule has 0 bridgehead atoms. The summed E-state index contributed by atoms with van der Waals surface area (Å²) in [6.07, 6.45) is 3.75. The maximum Gasteiger partial charge on any atom is 0.329 e. The number of aryl methyl sites for hydroxylation is 1. The Balaban J connectivity index is 2.46. The van der Waals surface area contributed by atoms with Gasteiger partial charge >= 0.3 is 5.97 Å². The number of aromatic nitrogens is 4. The predicted octanol–water partition coefficient (Wildman–Crippen LogP) is 1.10. The third kappa shape index (κ3) is 1.87. The summed E-state index contributed by atoms with van der Waals surface area (Å²) in [5, 5.41) is 20.1. The summed E-state index contributed by atoms with van der Waals surface area (Å²) >= 11 is 0. The SMILES string of the molecule is CCC(C)(Nc1nccn2c(C)nnc12)C(=O)O. The Kier molecular flexibility index (Phi) is 2.90. The van der Waals surface area contributed by atoms with E-state index >= 15 is 0 Å². The van der Waals surface area contributed by atoms with Gasteiger partial charge in [-0.25, -0.2) is 9.78 Å². The highest BCUT2D eigenvalue weighted by Gasteiger charge is 2.32. The number of aliphatic carboxylic acids is 1. The van der Waals surface area contributed by atoms with Gasteiger partial charge in [-0.2, -0.15) is 0 Å². The van der Waals surface area contributed by atoms with Gasteiger partial charge in [0.15, 0.2) is 5.82 Å². The van der Waals surface area contributed by atoms with Crippen molar-refractivity contribution >= 4 is 17.4 Å². The van der Waals surface area contributed by atoms with Gasteiger partial charge in [-0.1, -0.05) is 6.92 Å². The number of carbonyl (C=O) groups is 1. The Hall–Kier alpha value is -2.18. The molecule has 2 aromatic rings. The quantitative estimate of drug-likeness (QED) is 0.842. The lowest BCUT2D eigenvalue weighted by atomic mass is 9.99. The Morgan fingerprint density at radius 3 is 2.89 bits per heavy atom. The molecule has 0 fully saturated rings. The Labute approximate surface area is 104 Å². The number of hydrogen-bond acceptors (Lipinski definition) is 5. The van der Waals surface area contributed by atoms with Gasteiger partial charge in [0.05, 0.1) is 0 Å². The fourth-order valence-corrected chi connectivity index (χ4v) is 1.58. The standard InChI is InChI=1S/C11H15N5O2/c1-4-11(3,10(17)18)13-8-9-15-14-7(2)16(9)6-5-12-8/h5-6H,4H2,1-3H3,(H,12,13)(H,17,18). The van der Waals surface area contributed by atoms with E-state index in [0.717, 1.165) is 5.82 Å². The van der Waals surface area contributed by atoms with Crippen LogP contribution in [0.1, 0.15) is 26.1 Å². The summed E-state index contributed by atoms with van der Waals surface area (Å²) in [6, 6.07) is 0. The van der Waals surface area contributed by atoms with Crippen molar-refractivity contribution in [2.75, 3.05) is 5.32 Å². The first-order chi connectivity index (χ1) is 8.48. The minimum absolute atomic E-state index is 0.421. The molecule has 7 heteroatoms. The Bertz CT molecular complexity index is 594. The molecule has 7 nitrogen and oxygen atoms in total. The molecule has 2 N–H and O–H groups in total. The van der Waals surface area contributed by atoms with Crippen molar-refractivity contribution in [3.63, 3.8) is 0 Å². The minimum atomic E-state index is -1.07. The number of nitrogens with one attached hydrogen (secondary N) is 1. The normalized spacial score (nSPS) is 14.4. The van der Waals surface area contributed by atoms with E-state index in [-0.39, 0.29) is 0 Å². The second kappa shape index (κ2) is 4.25. The maximum absolute atomic E-state index is 11.3. The van der Waals surface area contributed by atoms with Crippen LogP contribution < -0.4 is 5.32 Å². The van der Waals surface area contributed by atoms with Gasteiger partial charge in [0, 0.05) is 12.4 Å². The second-order valence-electron chi connectivity index (χ2n) is 4.33. The van der Waals surface area contributed by atoms with Gasteiger partial charge < -0.3 is 10.4 Å². The molecule has 0 aliphatic carbocycles. The molecule has 0 aliphatic heterocycles. The summed E-state index contributed by atoms with van der Waals surface area (Å²) in [5.41, 5.74) is -0.551. The van der Waals surface area contributed by atoms with Crippen molar-refractivity contribution in [3.05, 3.63) is 18.2 Å². The van der Waals surface area contributed by atoms with Crippen molar-refractivity contribution < 1.29 is 9.90 Å². The van der Waals surface area contributed by atoms with Crippen LogP contribution in [0.25, 0.3) is 5.65 Å². The number of carboxylic acid groups (broad SMARTS) is 1. The van der Waals surface area contributed by atoms with E-state index in [4.69, 9.17) is 0 Å². The molecule has 2 heterocycles. The lowest BCUT2D eigenvalue weighted by molar-refractivity contribution is -0.141. The van der Waals surface area contributed by atoms with E-state index in [0.29, 0.717) is 17.9 Å². The molecule has 1 atom stereocenters. The predicted molar refractivity (Wildman–Crippen MR) is 65.5 cm³/mol. The second-order valence-corrected chi connectivity index (χ2v) is 4.33. The topological polar surface area (TPSA) is 92.4 Å². The molecule has 2 aromatic heterocycles. The highest BCUT2D eigenvalue weighted by atomic mass is 16.4. The smallest absolute Gasteiger partial charge is 0.329 e. The zero-order valence-corrected chi connectivity index (χ0v) is 10.5. The van der Waals surface area contributed by atoms with Crippen LogP contribution in [0, 0.1) is 6.92 Å². The number of anilines is 1. The first-order valence-electron chi connectivity index (χ1n) is 5.66. The van der Waals surface area contributed by atoms with E-state index in [1.807, 2.05) is 6.92 Å². The number of nitrogens with zero attached hydrogens (tertiary/aromatic N) is 4. The van der Waals surface area contributed by atoms with Crippen LogP contribution in [0.2, 0.25) is 0 Å². The summed E-state index contributed by atoms with van der Waals surface area (Å²) in [5.74, 6) is 0.221. The summed E-state index contributed by atoms with van der Waals surface area (Å²) in [7, 11) is 0. The molecule has 1 unspecified atom stereocenters. The molecule has 0 saturated carbocycles. The van der Waals surface area contributed by atoms with Crippen LogP contribution in [0.4, 0.5) is 5.82 Å². The van der Waals surface area contributed by atoms with Crippen LogP contribution >= 0.6 is 0 Å². The largest absolute Gasteiger partial charge is 0.480 e. The van der Waals surface area contributed by atoms with Crippen LogP contribution in [0.5, 0.6) is 0 Å². The van der Waals surface area contributed by atoms with Crippen molar-refractivity contribution in [2.45, 2.75) is 32.7 Å². The minimum Gasteiger partial charge on any atom is -0.480 e. The highest BCUT2D eigenvalue weighted by molar-refractivity contribution is 5.83. The highest BCUT2D eigenvalue weighted by Crippen LogP contribution is 2.20. The van der Waals surface area contributed by atoms with Gasteiger partial charge in [-0.3, -0.25) is 4.40 Å². The molecular weight excluding hydrogens is 234 g/mol. The zero-order valence-electron chi connectivity index (χ0n) is 10.5. The summed E-state index contributed by atoms with van der Waals surface area (Å²) < 4.78 is 1.76. The first kappa shape index (κ1) is 12.3. The lowest BCUT2D eigenvalue weighted by Crippen LogP contribution is -2.43. The van der Waals surface area contributed by atoms with E-state index < -0.39 is 11.5 Å². The van der Waals surface area contributed by atoms with Crippen LogP contribution in [0.3, 0.4) is 0 Å². The van der Waals surface area contributed by atoms with Crippen molar-refractivity contribution in [1.82, 2.24) is 19.6 Å². The van der Waals surface area contributed by atoms with Crippen LogP contribution in [-0.2, 0) is 4.79 Å². The van der Waals surface area contributed by atoms with Gasteiger partial charge in [-0.05, 0) is 20.3 Å². The summed E-state index contributed by atoms with van der Waals surface area (Å²) in [6.45, 7) is 5.24. The monoisotopic (exact) mass is 249 g/mol. The fourth-order valence-electron chi connectivity index (χ4n) is 1.58. The average Bonchev–Trinajstić information content (AvgIpc) is 2.72. The molecule has 0 aromatic carbocycles. The molecule has 96 valence electrons. The first-order valence-corrected chi connectivity index (χ1v) is 5.66. The molecule has 0 amide bonds. The molecular formula is C11H15N5O2. The van der Waals surface area contributed by atoms with E-state index in [1.54, 1.807) is 30.6 Å². The molecule has 18 heavy (non-hydrogen) atoms. The van der Waals surface area contributed by atoms with E-state index in [2.05, 4.69) is 20.5 Å². The summed E-state index contributed by atoms with van der Waals surface area (Å²) in [4.78, 5) is 15.4. The number of carboxylic acids is 1. The average molecular weight is 249 g/mol. The van der Waals surface area contributed by atoms with E-state index in [9.17, 15) is 9.90 Å². The molecule has 0 spiro atoms. The fraction of sp³-hybridized carbons (Fsp3) is 0.455. The molecule has 0 aliphatic rings. The molecule has 0 radical (unpaired) electrons. The molecule has 0 saturated heterocycles. The zero-order chi connectivity index (χ0) is 13.3. The number of hydrogen-bond donors (Lipinski definition) is 2. The van der Waals surface area contributed by atoms with Gasteiger partial charge in [0.1, 0.15) is 11.4 Å². The van der Waals surface area contributed by atoms with Crippen molar-refractivity contribution in [3.8, 4) is 0 Å². The van der Waals surface area contributed by atoms with Crippen molar-refractivity contribution in [2.24, 2.45) is 0 Å². The van der Waals surface area contributed by atoms with Gasteiger partial charge in [-0.15, -0.1) is 10.2 Å². The number of rotatable bonds is 4. The van der Waals surface area contributed by atoms with E-state index in [1.165, 1.54) is 0 Å². The van der Waals surface area contributed by atoms with Crippen LogP contribution in [0.15, 0.2) is 12.4 Å². The third-order valence-electron chi connectivity index (χ3n) is 3.07. The molecule has 2 rings (SSSR count).